The van der Waals surface area contributed by atoms with Gasteiger partial charge in [-0.1, -0.05) is 19.9 Å². The second-order valence-corrected chi connectivity index (χ2v) is 6.76. The summed E-state index contributed by atoms with van der Waals surface area (Å²) in [4.78, 5) is 6.86. The molecule has 0 amide bonds. The normalized spacial score (nSPS) is 13.5. The van der Waals surface area contributed by atoms with Gasteiger partial charge in [-0.25, -0.2) is 0 Å². The van der Waals surface area contributed by atoms with Gasteiger partial charge in [0.15, 0.2) is 17.5 Å². The predicted octanol–water partition coefficient (Wildman–Crippen LogP) is 2.10. The van der Waals surface area contributed by atoms with Gasteiger partial charge in [0.25, 0.3) is 0 Å². The van der Waals surface area contributed by atoms with Crippen molar-refractivity contribution in [3.05, 3.63) is 35.9 Å². The first-order valence-corrected chi connectivity index (χ1v) is 9.96. The maximum atomic E-state index is 5.70. The molecule has 152 valence electrons. The molecule has 0 bridgehead atoms. The summed E-state index contributed by atoms with van der Waals surface area (Å²) in [6, 6.07) is 6.10. The number of nitrogens with one attached hydrogen (secondary N) is 1. The summed E-state index contributed by atoms with van der Waals surface area (Å²) in [5, 5.41) is 11.6. The van der Waals surface area contributed by atoms with Crippen LogP contribution in [0.5, 0.6) is 11.5 Å². The smallest absolute Gasteiger partial charge is 0.194 e. The molecule has 8 nitrogen and oxygen atoms in total. The first kappa shape index (κ1) is 20.0. The van der Waals surface area contributed by atoms with Gasteiger partial charge in [-0.15, -0.1) is 10.2 Å². The molecule has 2 aromatic rings. The summed E-state index contributed by atoms with van der Waals surface area (Å²) in [7, 11) is 2.05. The lowest BCUT2D eigenvalue weighted by atomic mass is 10.2. The molecule has 0 saturated heterocycles. The van der Waals surface area contributed by atoms with Crippen LogP contribution in [0.3, 0.4) is 0 Å². The average Bonchev–Trinajstić information content (AvgIpc) is 3.17. The molecule has 1 aliphatic rings. The number of benzene rings is 1. The first-order chi connectivity index (χ1) is 13.7. The lowest BCUT2D eigenvalue weighted by Crippen LogP contribution is -2.40. The van der Waals surface area contributed by atoms with Gasteiger partial charge in [0, 0.05) is 39.6 Å². The predicted molar refractivity (Wildman–Crippen MR) is 109 cm³/mol. The second-order valence-electron chi connectivity index (χ2n) is 6.76. The third-order valence-electron chi connectivity index (χ3n) is 4.52. The van der Waals surface area contributed by atoms with E-state index in [4.69, 9.17) is 14.5 Å². The lowest BCUT2D eigenvalue weighted by Gasteiger charge is -2.24. The zero-order valence-electron chi connectivity index (χ0n) is 17.0. The molecule has 0 aliphatic carbocycles. The Morgan fingerprint density at radius 3 is 2.86 bits per heavy atom. The van der Waals surface area contributed by atoms with E-state index in [-0.39, 0.29) is 0 Å². The van der Waals surface area contributed by atoms with Gasteiger partial charge in [-0.2, -0.15) is 0 Å². The Balaban J connectivity index is 1.60. The summed E-state index contributed by atoms with van der Waals surface area (Å²) < 4.78 is 13.4. The zero-order valence-corrected chi connectivity index (χ0v) is 17.0. The fraction of sp³-hybridized carbons (Fsp3) is 0.550. The van der Waals surface area contributed by atoms with Crippen LogP contribution in [-0.4, -0.2) is 59.0 Å². The van der Waals surface area contributed by atoms with Crippen molar-refractivity contribution >= 4 is 5.96 Å². The van der Waals surface area contributed by atoms with Gasteiger partial charge in [0.2, 0.25) is 0 Å². The Morgan fingerprint density at radius 1 is 1.25 bits per heavy atom. The highest BCUT2D eigenvalue weighted by molar-refractivity contribution is 5.79. The van der Waals surface area contributed by atoms with Crippen molar-refractivity contribution < 1.29 is 9.47 Å². The first-order valence-electron chi connectivity index (χ1n) is 9.96. The summed E-state index contributed by atoms with van der Waals surface area (Å²) in [5.74, 6) is 3.52. The molecule has 1 aliphatic heterocycles. The van der Waals surface area contributed by atoms with Crippen LogP contribution in [-0.2, 0) is 19.5 Å². The Morgan fingerprint density at radius 2 is 2.07 bits per heavy atom. The number of ether oxygens (including phenoxy) is 2. The Labute approximate surface area is 166 Å². The number of aryl methyl sites for hydroxylation is 1. The molecule has 3 rings (SSSR count). The molecule has 28 heavy (non-hydrogen) atoms. The minimum atomic E-state index is 0.597. The molecule has 2 heterocycles. The van der Waals surface area contributed by atoms with Gasteiger partial charge in [0.05, 0.1) is 0 Å². The SMILES string of the molecule is CCCN=C(NCCn1cnnc1CC)N(C)Cc1ccc2c(c1)OCCO2. The molecule has 0 unspecified atom stereocenters. The highest BCUT2D eigenvalue weighted by Gasteiger charge is 2.14. The van der Waals surface area contributed by atoms with Crippen molar-refractivity contribution in [2.45, 2.75) is 39.8 Å². The molecule has 0 spiro atoms. The van der Waals surface area contributed by atoms with E-state index in [9.17, 15) is 0 Å². The van der Waals surface area contributed by atoms with Crippen molar-refractivity contribution in [1.82, 2.24) is 25.0 Å². The highest BCUT2D eigenvalue weighted by atomic mass is 16.6. The van der Waals surface area contributed by atoms with Crippen LogP contribution in [0.1, 0.15) is 31.7 Å². The molecule has 0 saturated carbocycles. The third kappa shape index (κ3) is 5.15. The average molecular weight is 387 g/mol. The van der Waals surface area contributed by atoms with E-state index in [2.05, 4.69) is 51.9 Å². The van der Waals surface area contributed by atoms with Crippen LogP contribution in [0.25, 0.3) is 0 Å². The molecule has 1 aromatic heterocycles. The minimum Gasteiger partial charge on any atom is -0.486 e. The van der Waals surface area contributed by atoms with Crippen molar-refractivity contribution in [3.63, 3.8) is 0 Å². The molecular weight excluding hydrogens is 356 g/mol. The molecular formula is C20H30N6O2. The van der Waals surface area contributed by atoms with E-state index < -0.39 is 0 Å². The van der Waals surface area contributed by atoms with Gasteiger partial charge in [-0.3, -0.25) is 4.99 Å². The zero-order chi connectivity index (χ0) is 19.8. The van der Waals surface area contributed by atoms with E-state index in [1.165, 1.54) is 0 Å². The number of hydrogen-bond acceptors (Lipinski definition) is 5. The quantitative estimate of drug-likeness (QED) is 0.553. The van der Waals surface area contributed by atoms with Crippen molar-refractivity contribution in [2.75, 3.05) is 33.4 Å². The second kappa shape index (κ2) is 9.96. The number of fused-ring (bicyclic) bond motifs is 1. The van der Waals surface area contributed by atoms with Crippen molar-refractivity contribution in [3.8, 4) is 11.5 Å². The minimum absolute atomic E-state index is 0.597. The van der Waals surface area contributed by atoms with Gasteiger partial charge in [-0.05, 0) is 24.1 Å². The standard InChI is InChI=1S/C20H30N6O2/c1-4-8-21-20(22-9-10-26-15-23-24-19(26)5-2)25(3)14-16-6-7-17-18(13-16)28-12-11-27-17/h6-7,13,15H,4-5,8-12,14H2,1-3H3,(H,21,22). The number of hydrogen-bond donors (Lipinski definition) is 1. The van der Waals surface area contributed by atoms with Gasteiger partial charge < -0.3 is 24.3 Å². The van der Waals surface area contributed by atoms with Gasteiger partial charge in [0.1, 0.15) is 25.4 Å². The maximum Gasteiger partial charge on any atom is 0.194 e. The summed E-state index contributed by atoms with van der Waals surface area (Å²) in [6.45, 7) is 8.52. The summed E-state index contributed by atoms with van der Waals surface area (Å²) in [6.07, 6.45) is 3.66. The fourth-order valence-corrected chi connectivity index (χ4v) is 3.09. The van der Waals surface area contributed by atoms with Crippen molar-refractivity contribution in [1.29, 1.82) is 0 Å². The third-order valence-corrected chi connectivity index (χ3v) is 4.52. The highest BCUT2D eigenvalue weighted by Crippen LogP contribution is 2.31. The molecule has 0 atom stereocenters. The number of guanidine groups is 1. The van der Waals surface area contributed by atoms with E-state index >= 15 is 0 Å². The van der Waals surface area contributed by atoms with Crippen LogP contribution < -0.4 is 14.8 Å². The van der Waals surface area contributed by atoms with Crippen LogP contribution in [0.4, 0.5) is 0 Å². The van der Waals surface area contributed by atoms with Crippen LogP contribution in [0, 0.1) is 0 Å². The van der Waals surface area contributed by atoms with E-state index in [0.717, 1.165) is 67.9 Å². The lowest BCUT2D eigenvalue weighted by molar-refractivity contribution is 0.171. The Kier molecular flexibility index (Phi) is 7.11. The molecule has 8 heteroatoms. The Bertz CT molecular complexity index is 789. The fourth-order valence-electron chi connectivity index (χ4n) is 3.09. The molecule has 1 N–H and O–H groups in total. The Hall–Kier alpha value is -2.77. The number of aliphatic imine (C=N–C) groups is 1. The molecule has 0 radical (unpaired) electrons. The van der Waals surface area contributed by atoms with Crippen molar-refractivity contribution in [2.24, 2.45) is 4.99 Å². The maximum absolute atomic E-state index is 5.70. The van der Waals surface area contributed by atoms with E-state index in [0.29, 0.717) is 13.2 Å². The summed E-state index contributed by atoms with van der Waals surface area (Å²) >= 11 is 0. The molecule has 1 aromatic carbocycles. The van der Waals surface area contributed by atoms with Crippen LogP contribution in [0.2, 0.25) is 0 Å². The van der Waals surface area contributed by atoms with Gasteiger partial charge >= 0.3 is 0 Å². The van der Waals surface area contributed by atoms with E-state index in [1.807, 2.05) is 12.1 Å². The topological polar surface area (TPSA) is 76.8 Å². The number of rotatable bonds is 8. The number of aromatic nitrogens is 3. The summed E-state index contributed by atoms with van der Waals surface area (Å²) in [5.41, 5.74) is 1.16. The number of nitrogens with zero attached hydrogens (tertiary/aromatic N) is 5. The van der Waals surface area contributed by atoms with E-state index in [1.54, 1.807) is 6.33 Å². The monoisotopic (exact) mass is 386 g/mol. The largest absolute Gasteiger partial charge is 0.486 e. The molecule has 0 fully saturated rings. The van der Waals surface area contributed by atoms with Crippen LogP contribution >= 0.6 is 0 Å². The van der Waals surface area contributed by atoms with Crippen LogP contribution in [0.15, 0.2) is 29.5 Å².